The highest BCUT2D eigenvalue weighted by atomic mass is 35.5. The molecular formula is C13H12ClFN2S. The summed E-state index contributed by atoms with van der Waals surface area (Å²) in [5.41, 5.74) is 7.48. The van der Waals surface area contributed by atoms with E-state index >= 15 is 0 Å². The predicted octanol–water partition coefficient (Wildman–Crippen LogP) is 3.99. The van der Waals surface area contributed by atoms with Crippen molar-refractivity contribution in [3.63, 3.8) is 0 Å². The first-order valence-electron chi connectivity index (χ1n) is 5.85. The smallest absolute Gasteiger partial charge is 0.180 e. The highest BCUT2D eigenvalue weighted by Crippen LogP contribution is 2.41. The molecule has 2 aromatic rings. The van der Waals surface area contributed by atoms with Gasteiger partial charge in [0.05, 0.1) is 5.69 Å². The van der Waals surface area contributed by atoms with Crippen LogP contribution < -0.4 is 5.73 Å². The maximum atomic E-state index is 14.0. The van der Waals surface area contributed by atoms with Crippen molar-refractivity contribution in [3.05, 3.63) is 45.2 Å². The molecule has 0 spiro atoms. The molecule has 1 aromatic carbocycles. The van der Waals surface area contributed by atoms with E-state index in [2.05, 4.69) is 4.98 Å². The van der Waals surface area contributed by atoms with Crippen molar-refractivity contribution >= 4 is 28.1 Å². The molecule has 1 heterocycles. The number of thiazole rings is 1. The van der Waals surface area contributed by atoms with Crippen LogP contribution in [0.15, 0.2) is 18.2 Å². The average molecular weight is 283 g/mol. The van der Waals surface area contributed by atoms with Crippen LogP contribution in [0.5, 0.6) is 0 Å². The first kappa shape index (κ1) is 11.9. The van der Waals surface area contributed by atoms with Gasteiger partial charge < -0.3 is 5.73 Å². The van der Waals surface area contributed by atoms with Gasteiger partial charge in [0.2, 0.25) is 0 Å². The molecule has 0 radical (unpaired) electrons. The molecule has 5 heteroatoms. The zero-order chi connectivity index (χ0) is 12.7. The molecule has 94 valence electrons. The number of hydrogen-bond donors (Lipinski definition) is 1. The van der Waals surface area contributed by atoms with E-state index in [1.165, 1.54) is 17.4 Å². The molecule has 0 saturated carbocycles. The number of nitrogens with two attached hydrogens (primary N) is 1. The highest BCUT2D eigenvalue weighted by molar-refractivity contribution is 7.15. The van der Waals surface area contributed by atoms with Crippen LogP contribution in [0.4, 0.5) is 9.52 Å². The summed E-state index contributed by atoms with van der Waals surface area (Å²) >= 11 is 7.26. The molecule has 2 nitrogen and oxygen atoms in total. The Kier molecular flexibility index (Phi) is 2.99. The molecule has 1 aliphatic carbocycles. The summed E-state index contributed by atoms with van der Waals surface area (Å²) in [5.74, 6) is -0.173. The number of anilines is 1. The van der Waals surface area contributed by atoms with Crippen molar-refractivity contribution in [2.75, 3.05) is 5.73 Å². The van der Waals surface area contributed by atoms with Gasteiger partial charge in [-0.1, -0.05) is 17.7 Å². The molecule has 3 rings (SSSR count). The molecule has 1 unspecified atom stereocenters. The third kappa shape index (κ3) is 1.99. The van der Waals surface area contributed by atoms with Crippen LogP contribution in [-0.2, 0) is 6.42 Å². The standard InChI is InChI=1S/C13H12ClFN2S/c14-7-4-5-8(10(15)6-7)9-2-1-3-11-12(9)18-13(16)17-11/h4-6,9H,1-3H2,(H2,16,17). The summed E-state index contributed by atoms with van der Waals surface area (Å²) in [4.78, 5) is 5.43. The first-order valence-corrected chi connectivity index (χ1v) is 7.04. The Labute approximate surface area is 114 Å². The average Bonchev–Trinajstić information content (AvgIpc) is 2.69. The third-order valence-electron chi connectivity index (χ3n) is 3.30. The fourth-order valence-corrected chi connectivity index (χ4v) is 3.71. The van der Waals surface area contributed by atoms with E-state index in [4.69, 9.17) is 17.3 Å². The molecule has 1 aromatic heterocycles. The molecule has 0 aliphatic heterocycles. The summed E-state index contributed by atoms with van der Waals surface area (Å²) in [6.45, 7) is 0. The predicted molar refractivity (Wildman–Crippen MR) is 72.7 cm³/mol. The van der Waals surface area contributed by atoms with Gasteiger partial charge in [-0.2, -0.15) is 0 Å². The third-order valence-corrected chi connectivity index (χ3v) is 4.58. The molecule has 1 aliphatic rings. The molecule has 0 fully saturated rings. The lowest BCUT2D eigenvalue weighted by Gasteiger charge is -2.22. The van der Waals surface area contributed by atoms with Gasteiger partial charge in [-0.05, 0) is 37.0 Å². The van der Waals surface area contributed by atoms with E-state index in [-0.39, 0.29) is 11.7 Å². The summed E-state index contributed by atoms with van der Waals surface area (Å²) in [6, 6.07) is 4.88. The van der Waals surface area contributed by atoms with Crippen molar-refractivity contribution in [1.82, 2.24) is 4.98 Å². The Morgan fingerprint density at radius 1 is 1.44 bits per heavy atom. The van der Waals surface area contributed by atoms with Gasteiger partial charge >= 0.3 is 0 Å². The maximum Gasteiger partial charge on any atom is 0.180 e. The van der Waals surface area contributed by atoms with Crippen LogP contribution in [0.3, 0.4) is 0 Å². The van der Waals surface area contributed by atoms with Crippen molar-refractivity contribution in [2.45, 2.75) is 25.2 Å². The van der Waals surface area contributed by atoms with Crippen molar-refractivity contribution < 1.29 is 4.39 Å². The van der Waals surface area contributed by atoms with Crippen LogP contribution in [0, 0.1) is 5.82 Å². The number of benzene rings is 1. The first-order chi connectivity index (χ1) is 8.65. The SMILES string of the molecule is Nc1nc2c(s1)C(c1ccc(Cl)cc1F)CCC2. The lowest BCUT2D eigenvalue weighted by Crippen LogP contribution is -2.10. The maximum absolute atomic E-state index is 14.0. The van der Waals surface area contributed by atoms with Gasteiger partial charge in [-0.15, -0.1) is 11.3 Å². The van der Waals surface area contributed by atoms with Crippen molar-refractivity contribution in [2.24, 2.45) is 0 Å². The number of rotatable bonds is 1. The molecular weight excluding hydrogens is 271 g/mol. The largest absolute Gasteiger partial charge is 0.375 e. The highest BCUT2D eigenvalue weighted by Gasteiger charge is 2.27. The van der Waals surface area contributed by atoms with E-state index in [9.17, 15) is 4.39 Å². The van der Waals surface area contributed by atoms with Gasteiger partial charge in [0, 0.05) is 15.8 Å². The minimum Gasteiger partial charge on any atom is -0.375 e. The van der Waals surface area contributed by atoms with Gasteiger partial charge in [0.25, 0.3) is 0 Å². The molecule has 0 bridgehead atoms. The van der Waals surface area contributed by atoms with Crippen LogP contribution in [-0.4, -0.2) is 4.98 Å². The van der Waals surface area contributed by atoms with E-state index in [1.54, 1.807) is 12.1 Å². The zero-order valence-electron chi connectivity index (χ0n) is 9.62. The molecule has 0 amide bonds. The van der Waals surface area contributed by atoms with Crippen LogP contribution in [0.2, 0.25) is 5.02 Å². The fourth-order valence-electron chi connectivity index (χ4n) is 2.52. The van der Waals surface area contributed by atoms with E-state index < -0.39 is 0 Å². The second-order valence-electron chi connectivity index (χ2n) is 4.47. The van der Waals surface area contributed by atoms with Crippen molar-refractivity contribution in [3.8, 4) is 0 Å². The van der Waals surface area contributed by atoms with Crippen molar-refractivity contribution in [1.29, 1.82) is 0 Å². The van der Waals surface area contributed by atoms with Crippen LogP contribution in [0.25, 0.3) is 0 Å². The Morgan fingerprint density at radius 2 is 2.28 bits per heavy atom. The van der Waals surface area contributed by atoms with Gasteiger partial charge in [0.1, 0.15) is 5.82 Å². The van der Waals surface area contributed by atoms with Gasteiger partial charge in [-0.25, -0.2) is 9.37 Å². The summed E-state index contributed by atoms with van der Waals surface area (Å²) in [6.07, 6.45) is 2.89. The Hall–Kier alpha value is -1.13. The number of hydrogen-bond acceptors (Lipinski definition) is 3. The minimum absolute atomic E-state index is 0.0702. The monoisotopic (exact) mass is 282 g/mol. The second-order valence-corrected chi connectivity index (χ2v) is 5.97. The minimum atomic E-state index is -0.243. The van der Waals surface area contributed by atoms with E-state index in [0.29, 0.717) is 15.7 Å². The second kappa shape index (κ2) is 4.52. The quantitative estimate of drug-likeness (QED) is 0.859. The van der Waals surface area contributed by atoms with E-state index in [0.717, 1.165) is 29.8 Å². The summed E-state index contributed by atoms with van der Waals surface area (Å²) in [5, 5.41) is 0.998. The molecule has 0 saturated heterocycles. The molecule has 1 atom stereocenters. The van der Waals surface area contributed by atoms with Crippen LogP contribution >= 0.6 is 22.9 Å². The number of fused-ring (bicyclic) bond motifs is 1. The molecule has 2 N–H and O–H groups in total. The van der Waals surface area contributed by atoms with Crippen LogP contribution in [0.1, 0.15) is 34.9 Å². The number of halogens is 2. The Bertz CT molecular complexity index is 597. The van der Waals surface area contributed by atoms with E-state index in [1.807, 2.05) is 0 Å². The number of nitrogen functional groups attached to an aromatic ring is 1. The summed E-state index contributed by atoms with van der Waals surface area (Å²) < 4.78 is 14.0. The topological polar surface area (TPSA) is 38.9 Å². The number of aryl methyl sites for hydroxylation is 1. The van der Waals surface area contributed by atoms with Gasteiger partial charge in [0.15, 0.2) is 5.13 Å². The Balaban J connectivity index is 2.07. The molecule has 18 heavy (non-hydrogen) atoms. The summed E-state index contributed by atoms with van der Waals surface area (Å²) in [7, 11) is 0. The number of nitrogens with zero attached hydrogens (tertiary/aromatic N) is 1. The normalized spacial score (nSPS) is 18.7. The number of aromatic nitrogens is 1. The lowest BCUT2D eigenvalue weighted by atomic mass is 9.86. The lowest BCUT2D eigenvalue weighted by molar-refractivity contribution is 0.560. The van der Waals surface area contributed by atoms with Gasteiger partial charge in [-0.3, -0.25) is 0 Å². The zero-order valence-corrected chi connectivity index (χ0v) is 11.2. The Morgan fingerprint density at radius 3 is 3.06 bits per heavy atom. The fraction of sp³-hybridized carbons (Fsp3) is 0.308.